The lowest BCUT2D eigenvalue weighted by Gasteiger charge is -2.07. The molecule has 1 atom stereocenters. The van der Waals surface area contributed by atoms with Crippen LogP contribution in [0, 0.1) is 0 Å². The van der Waals surface area contributed by atoms with Crippen LogP contribution in [0.4, 0.5) is 0 Å². The van der Waals surface area contributed by atoms with E-state index < -0.39 is 5.97 Å². The molecule has 0 aromatic heterocycles. The van der Waals surface area contributed by atoms with E-state index in [0.717, 1.165) is 57.8 Å². The summed E-state index contributed by atoms with van der Waals surface area (Å²) in [7, 11) is 0. The summed E-state index contributed by atoms with van der Waals surface area (Å²) in [5.41, 5.74) is 0. The SMILES string of the molecule is CCCCCC=CC[C@H](O)CCCCCC=CCCCC(=O)O. The number of rotatable bonds is 16. The summed E-state index contributed by atoms with van der Waals surface area (Å²) < 4.78 is 0. The summed E-state index contributed by atoms with van der Waals surface area (Å²) in [6.45, 7) is 2.21. The number of unbranched alkanes of at least 4 members (excludes halogenated alkanes) is 7. The zero-order valence-corrected chi connectivity index (χ0v) is 14.9. The van der Waals surface area contributed by atoms with E-state index in [4.69, 9.17) is 5.11 Å². The fraction of sp³-hybridized carbons (Fsp3) is 0.750. The summed E-state index contributed by atoms with van der Waals surface area (Å²) >= 11 is 0. The lowest BCUT2D eigenvalue weighted by molar-refractivity contribution is -0.137. The minimum atomic E-state index is -0.715. The number of carbonyl (C=O) groups is 1. The highest BCUT2D eigenvalue weighted by molar-refractivity contribution is 5.66. The smallest absolute Gasteiger partial charge is 0.303 e. The molecule has 0 aliphatic heterocycles. The van der Waals surface area contributed by atoms with Crippen molar-refractivity contribution in [3.05, 3.63) is 24.3 Å². The summed E-state index contributed by atoms with van der Waals surface area (Å²) in [5, 5.41) is 18.4. The number of hydrogen-bond acceptors (Lipinski definition) is 2. The maximum Gasteiger partial charge on any atom is 0.303 e. The average molecular weight is 325 g/mol. The van der Waals surface area contributed by atoms with Crippen LogP contribution in [0.15, 0.2) is 24.3 Å². The quantitative estimate of drug-likeness (QED) is 0.285. The lowest BCUT2D eigenvalue weighted by Crippen LogP contribution is -2.04. The van der Waals surface area contributed by atoms with Crippen LogP contribution in [0.1, 0.15) is 90.4 Å². The Morgan fingerprint density at radius 1 is 0.870 bits per heavy atom. The maximum atomic E-state index is 10.3. The molecule has 0 bridgehead atoms. The van der Waals surface area contributed by atoms with Gasteiger partial charge in [-0.3, -0.25) is 4.79 Å². The van der Waals surface area contributed by atoms with Gasteiger partial charge in [-0.1, -0.05) is 56.9 Å². The first-order valence-corrected chi connectivity index (χ1v) is 9.36. The molecule has 0 amide bonds. The molecular weight excluding hydrogens is 288 g/mol. The summed E-state index contributed by atoms with van der Waals surface area (Å²) in [6, 6.07) is 0. The Morgan fingerprint density at radius 3 is 2.13 bits per heavy atom. The van der Waals surface area contributed by atoms with Crippen LogP contribution in [0.5, 0.6) is 0 Å². The monoisotopic (exact) mass is 324 g/mol. The zero-order chi connectivity index (χ0) is 17.2. The van der Waals surface area contributed by atoms with Gasteiger partial charge in [0.05, 0.1) is 6.10 Å². The topological polar surface area (TPSA) is 57.5 Å². The van der Waals surface area contributed by atoms with Crippen molar-refractivity contribution >= 4 is 5.97 Å². The van der Waals surface area contributed by atoms with E-state index in [0.29, 0.717) is 0 Å². The number of hydrogen-bond donors (Lipinski definition) is 2. The van der Waals surface area contributed by atoms with E-state index in [1.54, 1.807) is 0 Å². The predicted molar refractivity (Wildman–Crippen MR) is 97.6 cm³/mol. The first kappa shape index (κ1) is 21.9. The van der Waals surface area contributed by atoms with E-state index in [2.05, 4.69) is 31.2 Å². The van der Waals surface area contributed by atoms with E-state index in [9.17, 15) is 9.90 Å². The zero-order valence-electron chi connectivity index (χ0n) is 14.9. The summed E-state index contributed by atoms with van der Waals surface area (Å²) in [6.07, 6.45) is 21.3. The molecular formula is C20H36O3. The second kappa shape index (κ2) is 17.3. The number of aliphatic carboxylic acids is 1. The molecule has 0 rings (SSSR count). The Hall–Kier alpha value is -1.09. The largest absolute Gasteiger partial charge is 0.481 e. The molecule has 0 aliphatic rings. The van der Waals surface area contributed by atoms with Crippen molar-refractivity contribution in [2.45, 2.75) is 96.5 Å². The molecule has 0 unspecified atom stereocenters. The highest BCUT2D eigenvalue weighted by Crippen LogP contribution is 2.10. The minimum Gasteiger partial charge on any atom is -0.481 e. The molecule has 0 aromatic rings. The van der Waals surface area contributed by atoms with Crippen molar-refractivity contribution in [3.63, 3.8) is 0 Å². The van der Waals surface area contributed by atoms with E-state index >= 15 is 0 Å². The van der Waals surface area contributed by atoms with Gasteiger partial charge in [-0.2, -0.15) is 0 Å². The van der Waals surface area contributed by atoms with Crippen molar-refractivity contribution < 1.29 is 15.0 Å². The Balaban J connectivity index is 3.33. The molecule has 134 valence electrons. The van der Waals surface area contributed by atoms with Gasteiger partial charge in [0.2, 0.25) is 0 Å². The molecule has 0 aliphatic carbocycles. The molecule has 0 aromatic carbocycles. The van der Waals surface area contributed by atoms with E-state index in [1.807, 2.05) is 0 Å². The van der Waals surface area contributed by atoms with Crippen LogP contribution < -0.4 is 0 Å². The second-order valence-electron chi connectivity index (χ2n) is 6.25. The predicted octanol–water partition coefficient (Wildman–Crippen LogP) is 5.64. The fourth-order valence-electron chi connectivity index (χ4n) is 2.43. The van der Waals surface area contributed by atoms with Crippen molar-refractivity contribution in [2.75, 3.05) is 0 Å². The average Bonchev–Trinajstić information content (AvgIpc) is 2.52. The van der Waals surface area contributed by atoms with Crippen molar-refractivity contribution in [1.29, 1.82) is 0 Å². The number of allylic oxidation sites excluding steroid dienone is 3. The normalized spacial score (nSPS) is 13.1. The minimum absolute atomic E-state index is 0.191. The van der Waals surface area contributed by atoms with Crippen LogP contribution in [-0.4, -0.2) is 22.3 Å². The van der Waals surface area contributed by atoms with Gasteiger partial charge in [0, 0.05) is 6.42 Å². The van der Waals surface area contributed by atoms with Crippen molar-refractivity contribution in [2.24, 2.45) is 0 Å². The third-order valence-electron chi connectivity index (χ3n) is 3.89. The van der Waals surface area contributed by atoms with Gasteiger partial charge in [0.25, 0.3) is 0 Å². The van der Waals surface area contributed by atoms with E-state index in [-0.39, 0.29) is 12.5 Å². The number of carboxylic acid groups (broad SMARTS) is 1. The van der Waals surface area contributed by atoms with Gasteiger partial charge in [-0.25, -0.2) is 0 Å². The third kappa shape index (κ3) is 18.9. The molecule has 0 fully saturated rings. The molecule has 3 heteroatoms. The summed E-state index contributed by atoms with van der Waals surface area (Å²) in [5.74, 6) is -0.715. The van der Waals surface area contributed by atoms with Crippen molar-refractivity contribution in [1.82, 2.24) is 0 Å². The van der Waals surface area contributed by atoms with Crippen LogP contribution in [0.3, 0.4) is 0 Å². The van der Waals surface area contributed by atoms with Crippen LogP contribution in [0.2, 0.25) is 0 Å². The van der Waals surface area contributed by atoms with Crippen LogP contribution >= 0.6 is 0 Å². The molecule has 0 saturated carbocycles. The highest BCUT2D eigenvalue weighted by Gasteiger charge is 2.00. The van der Waals surface area contributed by atoms with Gasteiger partial charge in [-0.15, -0.1) is 0 Å². The number of carboxylic acids is 1. The highest BCUT2D eigenvalue weighted by atomic mass is 16.4. The Bertz CT molecular complexity index is 321. The first-order chi connectivity index (χ1) is 11.2. The first-order valence-electron chi connectivity index (χ1n) is 9.36. The Kier molecular flexibility index (Phi) is 16.4. The standard InChI is InChI=1S/C20H36O3/c1-2-3-4-5-10-13-16-19(21)17-14-11-8-6-7-9-12-15-18-20(22)23/h7,9-10,13,19,21H,2-6,8,11-12,14-18H2,1H3,(H,22,23)/t19-/m0/s1. The molecule has 23 heavy (non-hydrogen) atoms. The second-order valence-corrected chi connectivity index (χ2v) is 6.25. The third-order valence-corrected chi connectivity index (χ3v) is 3.89. The van der Waals surface area contributed by atoms with Gasteiger partial charge >= 0.3 is 5.97 Å². The lowest BCUT2D eigenvalue weighted by atomic mass is 10.1. The van der Waals surface area contributed by atoms with Crippen LogP contribution in [0.25, 0.3) is 0 Å². The van der Waals surface area contributed by atoms with Gasteiger partial charge in [0.15, 0.2) is 0 Å². The maximum absolute atomic E-state index is 10.3. The Labute approximate surface area is 142 Å². The molecule has 0 spiro atoms. The molecule has 0 heterocycles. The van der Waals surface area contributed by atoms with Gasteiger partial charge < -0.3 is 10.2 Å². The fourth-order valence-corrected chi connectivity index (χ4v) is 2.43. The van der Waals surface area contributed by atoms with Gasteiger partial charge in [-0.05, 0) is 51.4 Å². The number of aliphatic hydroxyl groups is 1. The summed E-state index contributed by atoms with van der Waals surface area (Å²) in [4.78, 5) is 10.3. The van der Waals surface area contributed by atoms with Crippen LogP contribution in [-0.2, 0) is 4.79 Å². The number of aliphatic hydroxyl groups excluding tert-OH is 1. The van der Waals surface area contributed by atoms with Crippen molar-refractivity contribution in [3.8, 4) is 0 Å². The van der Waals surface area contributed by atoms with Gasteiger partial charge in [0.1, 0.15) is 0 Å². The molecule has 0 radical (unpaired) electrons. The molecule has 3 nitrogen and oxygen atoms in total. The van der Waals surface area contributed by atoms with E-state index in [1.165, 1.54) is 19.3 Å². The molecule has 0 saturated heterocycles. The Morgan fingerprint density at radius 2 is 1.48 bits per heavy atom. The molecule has 2 N–H and O–H groups in total.